The van der Waals surface area contributed by atoms with Crippen LogP contribution in [0, 0.1) is 6.92 Å². The zero-order valence-electron chi connectivity index (χ0n) is 10.4. The molecule has 2 heterocycles. The molecule has 2 nitrogen and oxygen atoms in total. The molecule has 1 aromatic carbocycles. The van der Waals surface area contributed by atoms with Crippen LogP contribution in [0.3, 0.4) is 0 Å². The summed E-state index contributed by atoms with van der Waals surface area (Å²) in [5, 5.41) is 4.44. The van der Waals surface area contributed by atoms with Gasteiger partial charge in [0.1, 0.15) is 11.9 Å². The van der Waals surface area contributed by atoms with Crippen LogP contribution >= 0.6 is 34.5 Å². The highest BCUT2D eigenvalue weighted by molar-refractivity contribution is 7.12. The van der Waals surface area contributed by atoms with Gasteiger partial charge in [-0.1, -0.05) is 23.2 Å². The van der Waals surface area contributed by atoms with Gasteiger partial charge < -0.3 is 10.1 Å². The van der Waals surface area contributed by atoms with E-state index in [4.69, 9.17) is 27.9 Å². The lowest BCUT2D eigenvalue weighted by atomic mass is 10.1. The molecule has 1 unspecified atom stereocenters. The van der Waals surface area contributed by atoms with Gasteiger partial charge in [-0.05, 0) is 25.1 Å². The van der Waals surface area contributed by atoms with Gasteiger partial charge in [-0.15, -0.1) is 11.3 Å². The summed E-state index contributed by atoms with van der Waals surface area (Å²) in [6.45, 7) is 3.86. The first kappa shape index (κ1) is 13.3. The zero-order chi connectivity index (χ0) is 13.4. The Labute approximate surface area is 126 Å². The molecule has 1 atom stereocenters. The van der Waals surface area contributed by atoms with E-state index >= 15 is 0 Å². The molecule has 0 bridgehead atoms. The van der Waals surface area contributed by atoms with Crippen LogP contribution in [0.2, 0.25) is 10.0 Å². The molecule has 0 saturated carbocycles. The molecule has 0 saturated heterocycles. The fourth-order valence-corrected chi connectivity index (χ4v) is 3.58. The van der Waals surface area contributed by atoms with E-state index in [2.05, 4.69) is 18.3 Å². The molecule has 0 radical (unpaired) electrons. The quantitative estimate of drug-likeness (QED) is 0.875. The maximum Gasteiger partial charge on any atom is 0.137 e. The molecular weight excluding hydrogens is 301 g/mol. The Morgan fingerprint density at radius 1 is 1.26 bits per heavy atom. The number of ether oxygens (including phenoxy) is 1. The minimum Gasteiger partial charge on any atom is -0.484 e. The van der Waals surface area contributed by atoms with Gasteiger partial charge in [0, 0.05) is 34.5 Å². The third kappa shape index (κ3) is 2.75. The molecule has 5 heteroatoms. The van der Waals surface area contributed by atoms with Crippen molar-refractivity contribution in [1.82, 2.24) is 5.32 Å². The smallest absolute Gasteiger partial charge is 0.137 e. The van der Waals surface area contributed by atoms with Crippen LogP contribution in [0.1, 0.15) is 21.4 Å². The second kappa shape index (κ2) is 5.33. The number of benzene rings is 1. The molecule has 1 N–H and O–H groups in total. The van der Waals surface area contributed by atoms with E-state index < -0.39 is 0 Å². The minimum atomic E-state index is 0.0333. The SMILES string of the molecule is Cc1cc2c(s1)CNCC2Oc1ccc(Cl)c(Cl)c1. The average Bonchev–Trinajstić information content (AvgIpc) is 2.75. The van der Waals surface area contributed by atoms with Gasteiger partial charge in [-0.3, -0.25) is 0 Å². The summed E-state index contributed by atoms with van der Waals surface area (Å²) >= 11 is 13.7. The summed E-state index contributed by atoms with van der Waals surface area (Å²) in [5.74, 6) is 0.748. The topological polar surface area (TPSA) is 21.3 Å². The second-order valence-corrected chi connectivity index (χ2v) is 6.70. The normalized spacial score (nSPS) is 18.2. The van der Waals surface area contributed by atoms with Crippen molar-refractivity contribution in [2.24, 2.45) is 0 Å². The number of fused-ring (bicyclic) bond motifs is 1. The van der Waals surface area contributed by atoms with E-state index in [0.29, 0.717) is 10.0 Å². The lowest BCUT2D eigenvalue weighted by molar-refractivity contribution is 0.193. The van der Waals surface area contributed by atoms with Crippen molar-refractivity contribution in [2.75, 3.05) is 6.54 Å². The Hall–Kier alpha value is -0.740. The Bertz CT molecular complexity index is 611. The number of nitrogens with one attached hydrogen (secondary N) is 1. The first-order valence-corrected chi connectivity index (χ1v) is 7.62. The number of thiophene rings is 1. The van der Waals surface area contributed by atoms with Crippen LogP contribution in [0.15, 0.2) is 24.3 Å². The summed E-state index contributed by atoms with van der Waals surface area (Å²) in [5.41, 5.74) is 1.28. The van der Waals surface area contributed by atoms with Gasteiger partial charge >= 0.3 is 0 Å². The van der Waals surface area contributed by atoms with Crippen molar-refractivity contribution in [3.63, 3.8) is 0 Å². The first-order chi connectivity index (χ1) is 9.13. The van der Waals surface area contributed by atoms with Gasteiger partial charge in [0.2, 0.25) is 0 Å². The molecule has 2 aromatic rings. The Morgan fingerprint density at radius 3 is 2.89 bits per heavy atom. The van der Waals surface area contributed by atoms with Gasteiger partial charge in [0.15, 0.2) is 0 Å². The maximum absolute atomic E-state index is 6.03. The maximum atomic E-state index is 6.03. The summed E-state index contributed by atoms with van der Waals surface area (Å²) in [7, 11) is 0. The highest BCUT2D eigenvalue weighted by Gasteiger charge is 2.23. The monoisotopic (exact) mass is 313 g/mol. The third-order valence-corrected chi connectivity index (χ3v) is 4.90. The van der Waals surface area contributed by atoms with Crippen molar-refractivity contribution in [3.8, 4) is 5.75 Å². The predicted octanol–water partition coefficient (Wildman–Crippen LogP) is 4.59. The van der Waals surface area contributed by atoms with Crippen LogP contribution in [0.5, 0.6) is 5.75 Å². The zero-order valence-corrected chi connectivity index (χ0v) is 12.7. The van der Waals surface area contributed by atoms with Crippen LogP contribution in [-0.4, -0.2) is 6.54 Å². The van der Waals surface area contributed by atoms with Crippen molar-refractivity contribution in [1.29, 1.82) is 0 Å². The minimum absolute atomic E-state index is 0.0333. The molecule has 1 aliphatic rings. The third-order valence-electron chi connectivity index (χ3n) is 3.10. The summed E-state index contributed by atoms with van der Waals surface area (Å²) in [6.07, 6.45) is 0.0333. The fraction of sp³-hybridized carbons (Fsp3) is 0.286. The predicted molar refractivity (Wildman–Crippen MR) is 80.6 cm³/mol. The Kier molecular flexibility index (Phi) is 3.72. The largest absolute Gasteiger partial charge is 0.484 e. The molecular formula is C14H13Cl2NOS. The lowest BCUT2D eigenvalue weighted by Crippen LogP contribution is -2.29. The molecule has 100 valence electrons. The molecule has 0 fully saturated rings. The fourth-order valence-electron chi connectivity index (χ4n) is 2.24. The van der Waals surface area contributed by atoms with Crippen molar-refractivity contribution in [2.45, 2.75) is 19.6 Å². The molecule has 0 aliphatic carbocycles. The molecule has 1 aliphatic heterocycles. The van der Waals surface area contributed by atoms with E-state index in [-0.39, 0.29) is 6.10 Å². The van der Waals surface area contributed by atoms with Crippen LogP contribution in [0.25, 0.3) is 0 Å². The van der Waals surface area contributed by atoms with Crippen LogP contribution in [-0.2, 0) is 6.54 Å². The molecule has 1 aromatic heterocycles. The molecule has 0 amide bonds. The molecule has 3 rings (SSSR count). The number of hydrogen-bond donors (Lipinski definition) is 1. The van der Waals surface area contributed by atoms with Crippen LogP contribution in [0.4, 0.5) is 0 Å². The van der Waals surface area contributed by atoms with Crippen molar-refractivity contribution >= 4 is 34.5 Å². The van der Waals surface area contributed by atoms with E-state index in [1.807, 2.05) is 17.4 Å². The Balaban J connectivity index is 1.86. The van der Waals surface area contributed by atoms with E-state index in [1.165, 1.54) is 15.3 Å². The number of hydrogen-bond acceptors (Lipinski definition) is 3. The van der Waals surface area contributed by atoms with E-state index in [9.17, 15) is 0 Å². The number of aryl methyl sites for hydroxylation is 1. The molecule has 0 spiro atoms. The van der Waals surface area contributed by atoms with Gasteiger partial charge in [-0.2, -0.15) is 0 Å². The van der Waals surface area contributed by atoms with Gasteiger partial charge in [0.25, 0.3) is 0 Å². The van der Waals surface area contributed by atoms with Crippen LogP contribution < -0.4 is 10.1 Å². The highest BCUT2D eigenvalue weighted by atomic mass is 35.5. The number of rotatable bonds is 2. The number of halogens is 2. The van der Waals surface area contributed by atoms with E-state index in [0.717, 1.165) is 18.8 Å². The van der Waals surface area contributed by atoms with E-state index in [1.54, 1.807) is 12.1 Å². The first-order valence-electron chi connectivity index (χ1n) is 6.05. The summed E-state index contributed by atoms with van der Waals surface area (Å²) in [4.78, 5) is 2.67. The summed E-state index contributed by atoms with van der Waals surface area (Å²) < 4.78 is 6.03. The second-order valence-electron chi connectivity index (χ2n) is 4.55. The van der Waals surface area contributed by atoms with Crippen molar-refractivity contribution < 1.29 is 4.74 Å². The van der Waals surface area contributed by atoms with Crippen molar-refractivity contribution in [3.05, 3.63) is 49.6 Å². The Morgan fingerprint density at radius 2 is 2.11 bits per heavy atom. The highest BCUT2D eigenvalue weighted by Crippen LogP contribution is 2.34. The molecule has 19 heavy (non-hydrogen) atoms. The standard InChI is InChI=1S/C14H13Cl2NOS/c1-8-4-10-13(6-17-7-14(10)19-8)18-9-2-3-11(15)12(16)5-9/h2-5,13,17H,6-7H2,1H3. The van der Waals surface area contributed by atoms with Gasteiger partial charge in [-0.25, -0.2) is 0 Å². The van der Waals surface area contributed by atoms with Gasteiger partial charge in [0.05, 0.1) is 10.0 Å². The summed E-state index contributed by atoms with van der Waals surface area (Å²) in [6, 6.07) is 7.58. The lowest BCUT2D eigenvalue weighted by Gasteiger charge is -2.24. The average molecular weight is 314 g/mol.